The summed E-state index contributed by atoms with van der Waals surface area (Å²) in [4.78, 5) is 0. The van der Waals surface area contributed by atoms with E-state index in [1.54, 1.807) is 6.33 Å². The van der Waals surface area contributed by atoms with Crippen molar-refractivity contribution in [1.29, 1.82) is 0 Å². The van der Waals surface area contributed by atoms with Gasteiger partial charge < -0.3 is 9.88 Å². The fraction of sp³-hybridized carbons (Fsp3) is 0.200. The van der Waals surface area contributed by atoms with Crippen LogP contribution in [0.2, 0.25) is 5.02 Å². The van der Waals surface area contributed by atoms with Gasteiger partial charge in [-0.25, -0.2) is 0 Å². The Balaban J connectivity index is 2.05. The van der Waals surface area contributed by atoms with E-state index < -0.39 is 0 Å². The van der Waals surface area contributed by atoms with Crippen LogP contribution in [0, 0.1) is 0 Å². The van der Waals surface area contributed by atoms with Gasteiger partial charge in [0.2, 0.25) is 0 Å². The van der Waals surface area contributed by atoms with E-state index in [1.807, 2.05) is 29.8 Å². The van der Waals surface area contributed by atoms with Gasteiger partial charge in [0.15, 0.2) is 5.82 Å². The summed E-state index contributed by atoms with van der Waals surface area (Å²) in [5.41, 5.74) is 0.985. The summed E-state index contributed by atoms with van der Waals surface area (Å²) in [5.74, 6) is 0.881. The summed E-state index contributed by atoms with van der Waals surface area (Å²) >= 11 is 9.28. The van der Waals surface area contributed by atoms with E-state index in [-0.39, 0.29) is 0 Å². The smallest absolute Gasteiger partial charge is 0.151 e. The maximum Gasteiger partial charge on any atom is 0.151 e. The molecule has 0 aliphatic rings. The van der Waals surface area contributed by atoms with E-state index >= 15 is 0 Å². The van der Waals surface area contributed by atoms with E-state index in [4.69, 9.17) is 11.6 Å². The van der Waals surface area contributed by atoms with Crippen molar-refractivity contribution < 1.29 is 0 Å². The second-order valence-electron chi connectivity index (χ2n) is 3.34. The maximum absolute atomic E-state index is 5.90. The standard InChI is InChI=1S/C10H10BrClN4/c1-16-6-14-15-10(16)5-13-7-2-3-9(12)8(11)4-7/h2-4,6,13H,5H2,1H3. The summed E-state index contributed by atoms with van der Waals surface area (Å²) in [6.07, 6.45) is 1.68. The van der Waals surface area contributed by atoms with Gasteiger partial charge in [-0.2, -0.15) is 0 Å². The number of halogens is 2. The van der Waals surface area contributed by atoms with Crippen molar-refractivity contribution in [3.8, 4) is 0 Å². The fourth-order valence-electron chi connectivity index (χ4n) is 1.25. The van der Waals surface area contributed by atoms with Gasteiger partial charge in [-0.15, -0.1) is 10.2 Å². The van der Waals surface area contributed by atoms with E-state index in [9.17, 15) is 0 Å². The summed E-state index contributed by atoms with van der Waals surface area (Å²) in [6, 6.07) is 5.69. The first-order chi connectivity index (χ1) is 7.66. The highest BCUT2D eigenvalue weighted by Crippen LogP contribution is 2.25. The highest BCUT2D eigenvalue weighted by molar-refractivity contribution is 9.10. The molecule has 1 aromatic heterocycles. The van der Waals surface area contributed by atoms with Gasteiger partial charge in [-0.1, -0.05) is 11.6 Å². The van der Waals surface area contributed by atoms with Crippen LogP contribution in [0.15, 0.2) is 29.0 Å². The van der Waals surface area contributed by atoms with Crippen LogP contribution in [-0.2, 0) is 13.6 Å². The van der Waals surface area contributed by atoms with E-state index in [1.165, 1.54) is 0 Å². The van der Waals surface area contributed by atoms with Gasteiger partial charge in [-0.3, -0.25) is 0 Å². The SMILES string of the molecule is Cn1cnnc1CNc1ccc(Cl)c(Br)c1. The van der Waals surface area contributed by atoms with Crippen molar-refractivity contribution in [2.45, 2.75) is 6.54 Å². The number of rotatable bonds is 3. The van der Waals surface area contributed by atoms with Crippen molar-refractivity contribution in [3.05, 3.63) is 39.8 Å². The molecule has 0 aliphatic heterocycles. The number of anilines is 1. The molecule has 1 N–H and O–H groups in total. The molecule has 0 atom stereocenters. The van der Waals surface area contributed by atoms with Crippen LogP contribution < -0.4 is 5.32 Å². The van der Waals surface area contributed by atoms with Crippen LogP contribution in [-0.4, -0.2) is 14.8 Å². The summed E-state index contributed by atoms with van der Waals surface area (Å²) in [5, 5.41) is 11.7. The van der Waals surface area contributed by atoms with E-state index in [0.29, 0.717) is 11.6 Å². The molecule has 2 aromatic rings. The Hall–Kier alpha value is -1.07. The summed E-state index contributed by atoms with van der Waals surface area (Å²) < 4.78 is 2.75. The molecule has 0 bridgehead atoms. The molecular weight excluding hydrogens is 291 g/mol. The molecule has 84 valence electrons. The molecule has 16 heavy (non-hydrogen) atoms. The average Bonchev–Trinajstić information content (AvgIpc) is 2.66. The Morgan fingerprint density at radius 1 is 1.50 bits per heavy atom. The summed E-state index contributed by atoms with van der Waals surface area (Å²) in [7, 11) is 1.91. The van der Waals surface area contributed by atoms with Gasteiger partial charge in [0.1, 0.15) is 6.33 Å². The molecule has 0 spiro atoms. The molecule has 0 radical (unpaired) electrons. The van der Waals surface area contributed by atoms with Crippen LogP contribution in [0.1, 0.15) is 5.82 Å². The molecule has 0 saturated heterocycles. The zero-order valence-corrected chi connectivity index (χ0v) is 11.0. The number of aromatic nitrogens is 3. The van der Waals surface area contributed by atoms with Crippen LogP contribution in [0.3, 0.4) is 0 Å². The maximum atomic E-state index is 5.90. The second-order valence-corrected chi connectivity index (χ2v) is 4.60. The third-order valence-corrected chi connectivity index (χ3v) is 3.39. The van der Waals surface area contributed by atoms with Crippen molar-refractivity contribution in [1.82, 2.24) is 14.8 Å². The highest BCUT2D eigenvalue weighted by atomic mass is 79.9. The normalized spacial score (nSPS) is 10.4. The van der Waals surface area contributed by atoms with E-state index in [2.05, 4.69) is 31.4 Å². The van der Waals surface area contributed by atoms with Gasteiger partial charge in [-0.05, 0) is 34.1 Å². The Bertz CT molecular complexity index is 497. The minimum atomic E-state index is 0.630. The molecular formula is C10H10BrClN4. The first-order valence-corrected chi connectivity index (χ1v) is 5.85. The first-order valence-electron chi connectivity index (χ1n) is 4.68. The predicted molar refractivity (Wildman–Crippen MR) is 67.5 cm³/mol. The third kappa shape index (κ3) is 2.54. The van der Waals surface area contributed by atoms with Crippen molar-refractivity contribution in [2.75, 3.05) is 5.32 Å². The number of benzene rings is 1. The third-order valence-electron chi connectivity index (χ3n) is 2.18. The van der Waals surface area contributed by atoms with Gasteiger partial charge in [0.05, 0.1) is 11.6 Å². The molecule has 0 fully saturated rings. The molecule has 1 heterocycles. The van der Waals surface area contributed by atoms with Gasteiger partial charge >= 0.3 is 0 Å². The van der Waals surface area contributed by atoms with E-state index in [0.717, 1.165) is 16.0 Å². The van der Waals surface area contributed by atoms with Crippen molar-refractivity contribution in [2.24, 2.45) is 7.05 Å². The fourth-order valence-corrected chi connectivity index (χ4v) is 1.75. The Labute approximate surface area is 107 Å². The van der Waals surface area contributed by atoms with Crippen molar-refractivity contribution >= 4 is 33.2 Å². The molecule has 0 saturated carbocycles. The minimum absolute atomic E-state index is 0.630. The predicted octanol–water partition coefficient (Wildman–Crippen LogP) is 2.84. The second kappa shape index (κ2) is 4.84. The number of nitrogens with one attached hydrogen (secondary N) is 1. The minimum Gasteiger partial charge on any atom is -0.378 e. The topological polar surface area (TPSA) is 42.7 Å². The van der Waals surface area contributed by atoms with Crippen LogP contribution >= 0.6 is 27.5 Å². The summed E-state index contributed by atoms with van der Waals surface area (Å²) in [6.45, 7) is 0.630. The van der Waals surface area contributed by atoms with Crippen LogP contribution in [0.5, 0.6) is 0 Å². The quantitative estimate of drug-likeness (QED) is 0.948. The zero-order chi connectivity index (χ0) is 11.5. The Morgan fingerprint density at radius 2 is 2.31 bits per heavy atom. The number of aryl methyl sites for hydroxylation is 1. The van der Waals surface area contributed by atoms with Crippen molar-refractivity contribution in [3.63, 3.8) is 0 Å². The first kappa shape index (κ1) is 11.4. The lowest BCUT2D eigenvalue weighted by molar-refractivity contribution is 0.812. The molecule has 6 heteroatoms. The zero-order valence-electron chi connectivity index (χ0n) is 8.61. The monoisotopic (exact) mass is 300 g/mol. The number of hydrogen-bond donors (Lipinski definition) is 1. The lowest BCUT2D eigenvalue weighted by atomic mass is 10.3. The lowest BCUT2D eigenvalue weighted by Gasteiger charge is -2.06. The van der Waals surface area contributed by atoms with Crippen LogP contribution in [0.4, 0.5) is 5.69 Å². The largest absolute Gasteiger partial charge is 0.378 e. The molecule has 2 rings (SSSR count). The molecule has 1 aromatic carbocycles. The van der Waals surface area contributed by atoms with Gasteiger partial charge in [0.25, 0.3) is 0 Å². The molecule has 0 aliphatic carbocycles. The lowest BCUT2D eigenvalue weighted by Crippen LogP contribution is -2.05. The molecule has 4 nitrogen and oxygen atoms in total. The Kier molecular flexibility index (Phi) is 3.46. The molecule has 0 amide bonds. The highest BCUT2D eigenvalue weighted by Gasteiger charge is 2.02. The molecule has 0 unspecified atom stereocenters. The average molecular weight is 302 g/mol. The van der Waals surface area contributed by atoms with Crippen LogP contribution in [0.25, 0.3) is 0 Å². The Morgan fingerprint density at radius 3 is 2.94 bits per heavy atom. The van der Waals surface area contributed by atoms with Gasteiger partial charge in [0, 0.05) is 17.2 Å². The number of hydrogen-bond acceptors (Lipinski definition) is 3. The number of nitrogens with zero attached hydrogens (tertiary/aromatic N) is 3.